The molecule has 1 aliphatic heterocycles. The average Bonchev–Trinajstić information content (AvgIpc) is 2.30. The Balaban J connectivity index is 2.05. The summed E-state index contributed by atoms with van der Waals surface area (Å²) < 4.78 is 12.6. The molecule has 1 unspecified atom stereocenters. The quantitative estimate of drug-likeness (QED) is 0.784. The summed E-state index contributed by atoms with van der Waals surface area (Å²) in [5, 5.41) is 3.33. The summed E-state index contributed by atoms with van der Waals surface area (Å²) in [5.41, 5.74) is 0. The predicted octanol–water partition coefficient (Wildman–Crippen LogP) is 0.804. The second-order valence-corrected chi connectivity index (χ2v) is 3.81. The van der Waals surface area contributed by atoms with E-state index in [9.17, 15) is 4.39 Å². The lowest BCUT2D eigenvalue weighted by atomic mass is 10.1. The molecule has 0 saturated carbocycles. The zero-order valence-electron chi connectivity index (χ0n) is 8.78. The molecule has 0 aliphatic carbocycles. The van der Waals surface area contributed by atoms with Crippen molar-refractivity contribution in [1.29, 1.82) is 0 Å². The van der Waals surface area contributed by atoms with Crippen LogP contribution in [0, 0.1) is 5.82 Å². The van der Waals surface area contributed by atoms with E-state index >= 15 is 0 Å². The number of aromatic nitrogens is 2. The highest BCUT2D eigenvalue weighted by molar-refractivity contribution is 5.29. The third-order valence-electron chi connectivity index (χ3n) is 2.74. The van der Waals surface area contributed by atoms with E-state index in [4.69, 9.17) is 0 Å². The van der Waals surface area contributed by atoms with Crippen LogP contribution in [0.1, 0.15) is 12.8 Å². The fourth-order valence-corrected chi connectivity index (χ4v) is 1.81. The zero-order valence-corrected chi connectivity index (χ0v) is 8.78. The summed E-state index contributed by atoms with van der Waals surface area (Å²) in [6.45, 7) is 2.02. The number of nitrogens with one attached hydrogen (secondary N) is 1. The summed E-state index contributed by atoms with van der Waals surface area (Å²) in [7, 11) is 1.95. The first-order chi connectivity index (χ1) is 7.27. The molecule has 1 aromatic rings. The van der Waals surface area contributed by atoms with Crippen molar-refractivity contribution in [3.63, 3.8) is 0 Å². The van der Waals surface area contributed by atoms with Gasteiger partial charge in [0.2, 0.25) is 5.95 Å². The second-order valence-electron chi connectivity index (χ2n) is 3.81. The number of piperidine rings is 1. The van der Waals surface area contributed by atoms with E-state index in [1.807, 2.05) is 11.9 Å². The minimum absolute atomic E-state index is 0.395. The van der Waals surface area contributed by atoms with E-state index in [1.54, 1.807) is 0 Å². The Morgan fingerprint density at radius 1 is 1.47 bits per heavy atom. The molecule has 0 spiro atoms. The Hall–Kier alpha value is -1.23. The number of anilines is 1. The second kappa shape index (κ2) is 4.53. The molecule has 1 aliphatic rings. The number of hydrogen-bond acceptors (Lipinski definition) is 4. The van der Waals surface area contributed by atoms with Crippen LogP contribution in [0.4, 0.5) is 10.3 Å². The lowest BCUT2D eigenvalue weighted by Gasteiger charge is -2.31. The molecule has 1 fully saturated rings. The minimum Gasteiger partial charge on any atom is -0.340 e. The molecule has 1 saturated heterocycles. The molecule has 5 heteroatoms. The van der Waals surface area contributed by atoms with E-state index < -0.39 is 5.82 Å². The van der Waals surface area contributed by atoms with Crippen LogP contribution in [0.25, 0.3) is 0 Å². The maximum Gasteiger partial charge on any atom is 0.225 e. The topological polar surface area (TPSA) is 41.1 Å². The van der Waals surface area contributed by atoms with Crippen LogP contribution >= 0.6 is 0 Å². The van der Waals surface area contributed by atoms with Gasteiger partial charge in [-0.15, -0.1) is 0 Å². The molecule has 0 amide bonds. The average molecular weight is 210 g/mol. The lowest BCUT2D eigenvalue weighted by molar-refractivity contribution is 0.440. The van der Waals surface area contributed by atoms with Crippen LogP contribution in [0.3, 0.4) is 0 Å². The SMILES string of the molecule is CN(c1ncc(F)cn1)C1CCCNC1. The summed E-state index contributed by atoms with van der Waals surface area (Å²) in [6.07, 6.45) is 4.70. The smallest absolute Gasteiger partial charge is 0.225 e. The van der Waals surface area contributed by atoms with Crippen LogP contribution in [0.2, 0.25) is 0 Å². The van der Waals surface area contributed by atoms with Crippen LogP contribution in [0.5, 0.6) is 0 Å². The van der Waals surface area contributed by atoms with E-state index in [-0.39, 0.29) is 0 Å². The van der Waals surface area contributed by atoms with Crippen molar-refractivity contribution in [1.82, 2.24) is 15.3 Å². The highest BCUT2D eigenvalue weighted by Crippen LogP contribution is 2.13. The van der Waals surface area contributed by atoms with Gasteiger partial charge in [-0.2, -0.15) is 0 Å². The van der Waals surface area contributed by atoms with Crippen molar-refractivity contribution in [2.45, 2.75) is 18.9 Å². The van der Waals surface area contributed by atoms with Gasteiger partial charge < -0.3 is 10.2 Å². The van der Waals surface area contributed by atoms with Crippen molar-refractivity contribution in [3.05, 3.63) is 18.2 Å². The summed E-state index contributed by atoms with van der Waals surface area (Å²) in [6, 6.07) is 0.407. The zero-order chi connectivity index (χ0) is 10.7. The fraction of sp³-hybridized carbons (Fsp3) is 0.600. The Labute approximate surface area is 88.5 Å². The monoisotopic (exact) mass is 210 g/mol. The fourth-order valence-electron chi connectivity index (χ4n) is 1.81. The Kier molecular flexibility index (Phi) is 3.11. The van der Waals surface area contributed by atoms with E-state index in [1.165, 1.54) is 12.4 Å². The Morgan fingerprint density at radius 2 is 2.20 bits per heavy atom. The van der Waals surface area contributed by atoms with Crippen molar-refractivity contribution in [3.8, 4) is 0 Å². The number of hydrogen-bond donors (Lipinski definition) is 1. The van der Waals surface area contributed by atoms with Crippen LogP contribution in [-0.4, -0.2) is 36.1 Å². The minimum atomic E-state index is -0.395. The molecule has 1 aromatic heterocycles. The van der Waals surface area contributed by atoms with Crippen LogP contribution in [0.15, 0.2) is 12.4 Å². The van der Waals surface area contributed by atoms with Gasteiger partial charge >= 0.3 is 0 Å². The third-order valence-corrected chi connectivity index (χ3v) is 2.74. The molecule has 2 heterocycles. The van der Waals surface area contributed by atoms with E-state index in [0.29, 0.717) is 12.0 Å². The largest absolute Gasteiger partial charge is 0.340 e. The van der Waals surface area contributed by atoms with Crippen LogP contribution < -0.4 is 10.2 Å². The lowest BCUT2D eigenvalue weighted by Crippen LogP contribution is -2.44. The first kappa shape index (κ1) is 10.3. The Bertz CT molecular complexity index is 308. The number of likely N-dealkylation sites (N-methyl/N-ethyl adjacent to an activating group) is 1. The van der Waals surface area contributed by atoms with Crippen molar-refractivity contribution in [2.24, 2.45) is 0 Å². The molecule has 0 radical (unpaired) electrons. The van der Waals surface area contributed by atoms with Gasteiger partial charge in [-0.1, -0.05) is 0 Å². The highest BCUT2D eigenvalue weighted by atomic mass is 19.1. The Morgan fingerprint density at radius 3 is 2.80 bits per heavy atom. The number of halogens is 1. The predicted molar refractivity (Wildman–Crippen MR) is 56.3 cm³/mol. The number of nitrogens with zero attached hydrogens (tertiary/aromatic N) is 3. The van der Waals surface area contributed by atoms with Crippen molar-refractivity contribution >= 4 is 5.95 Å². The third kappa shape index (κ3) is 2.41. The summed E-state index contributed by atoms with van der Waals surface area (Å²) >= 11 is 0. The molecule has 0 bridgehead atoms. The van der Waals surface area contributed by atoms with Gasteiger partial charge in [0.05, 0.1) is 12.4 Å². The van der Waals surface area contributed by atoms with Crippen molar-refractivity contribution in [2.75, 3.05) is 25.0 Å². The maximum atomic E-state index is 12.6. The molecular formula is C10H15FN4. The first-order valence-electron chi connectivity index (χ1n) is 5.18. The molecule has 0 aromatic carbocycles. The normalized spacial score (nSPS) is 21.3. The standard InChI is InChI=1S/C10H15FN4/c1-15(9-3-2-4-12-7-9)10-13-5-8(11)6-14-10/h5-6,9,12H,2-4,7H2,1H3. The van der Waals surface area contributed by atoms with Gasteiger partial charge in [-0.05, 0) is 19.4 Å². The van der Waals surface area contributed by atoms with Crippen LogP contribution in [-0.2, 0) is 0 Å². The van der Waals surface area contributed by atoms with Gasteiger partial charge in [-0.3, -0.25) is 0 Å². The number of rotatable bonds is 2. The molecule has 4 nitrogen and oxygen atoms in total. The van der Waals surface area contributed by atoms with Gasteiger partial charge in [0.25, 0.3) is 0 Å². The molecule has 1 atom stereocenters. The molecule has 15 heavy (non-hydrogen) atoms. The maximum absolute atomic E-state index is 12.6. The van der Waals surface area contributed by atoms with E-state index in [0.717, 1.165) is 25.9 Å². The molecular weight excluding hydrogens is 195 g/mol. The highest BCUT2D eigenvalue weighted by Gasteiger charge is 2.19. The van der Waals surface area contributed by atoms with Gasteiger partial charge in [0.1, 0.15) is 0 Å². The summed E-state index contributed by atoms with van der Waals surface area (Å²) in [4.78, 5) is 9.94. The van der Waals surface area contributed by atoms with Crippen molar-refractivity contribution < 1.29 is 4.39 Å². The molecule has 2 rings (SSSR count). The van der Waals surface area contributed by atoms with Gasteiger partial charge in [0, 0.05) is 19.6 Å². The van der Waals surface area contributed by atoms with Gasteiger partial charge in [0.15, 0.2) is 5.82 Å². The van der Waals surface area contributed by atoms with Gasteiger partial charge in [-0.25, -0.2) is 14.4 Å². The summed E-state index contributed by atoms with van der Waals surface area (Å²) in [5.74, 6) is 0.194. The van der Waals surface area contributed by atoms with E-state index in [2.05, 4.69) is 15.3 Å². The first-order valence-corrected chi connectivity index (χ1v) is 5.18. The molecule has 1 N–H and O–H groups in total. The molecule has 82 valence electrons.